The van der Waals surface area contributed by atoms with Gasteiger partial charge in [0.15, 0.2) is 0 Å². The summed E-state index contributed by atoms with van der Waals surface area (Å²) >= 11 is 3.46. The van der Waals surface area contributed by atoms with E-state index in [2.05, 4.69) is 15.9 Å². The minimum absolute atomic E-state index is 0.0121. The van der Waals surface area contributed by atoms with Crippen molar-refractivity contribution >= 4 is 22.0 Å². The van der Waals surface area contributed by atoms with Crippen molar-refractivity contribution in [2.75, 3.05) is 6.54 Å². The first-order valence-corrected chi connectivity index (χ1v) is 5.73. The first-order chi connectivity index (χ1) is 7.20. The number of likely N-dealkylation sites (tertiary alicyclic amines) is 1. The molecule has 4 heteroatoms. The molecule has 15 heavy (non-hydrogen) atoms. The Kier molecular flexibility index (Phi) is 2.95. The van der Waals surface area contributed by atoms with Gasteiger partial charge in [-0.25, -0.2) is 4.79 Å². The van der Waals surface area contributed by atoms with E-state index in [-0.39, 0.29) is 6.04 Å². The van der Waals surface area contributed by atoms with Gasteiger partial charge < -0.3 is 10.0 Å². The molecule has 0 radical (unpaired) electrons. The van der Waals surface area contributed by atoms with Crippen LogP contribution in [-0.4, -0.2) is 22.6 Å². The molecular formula is C11H12BrNO2. The van der Waals surface area contributed by atoms with Crippen LogP contribution in [0.3, 0.4) is 0 Å². The van der Waals surface area contributed by atoms with Gasteiger partial charge in [-0.1, -0.05) is 34.1 Å². The Bertz CT molecular complexity index is 381. The van der Waals surface area contributed by atoms with Gasteiger partial charge in [-0.15, -0.1) is 0 Å². The molecule has 1 fully saturated rings. The Morgan fingerprint density at radius 3 is 2.87 bits per heavy atom. The first-order valence-electron chi connectivity index (χ1n) is 4.94. The molecule has 1 amide bonds. The normalized spacial score (nSPS) is 20.6. The van der Waals surface area contributed by atoms with E-state index in [4.69, 9.17) is 5.11 Å². The summed E-state index contributed by atoms with van der Waals surface area (Å²) in [5, 5.41) is 9.05. The second-order valence-electron chi connectivity index (χ2n) is 3.66. The highest BCUT2D eigenvalue weighted by Gasteiger charge is 2.30. The van der Waals surface area contributed by atoms with Crippen molar-refractivity contribution in [3.8, 4) is 0 Å². The molecule has 1 heterocycles. The van der Waals surface area contributed by atoms with Gasteiger partial charge in [0.1, 0.15) is 0 Å². The molecule has 80 valence electrons. The average molecular weight is 270 g/mol. The van der Waals surface area contributed by atoms with E-state index in [1.807, 2.05) is 24.3 Å². The Morgan fingerprint density at radius 1 is 1.47 bits per heavy atom. The number of nitrogens with zero attached hydrogens (tertiary/aromatic N) is 1. The summed E-state index contributed by atoms with van der Waals surface area (Å²) < 4.78 is 0.989. The lowest BCUT2D eigenvalue weighted by Crippen LogP contribution is -2.28. The lowest BCUT2D eigenvalue weighted by Gasteiger charge is -2.22. The Balaban J connectivity index is 2.30. The van der Waals surface area contributed by atoms with Gasteiger partial charge >= 0.3 is 6.09 Å². The molecule has 1 N–H and O–H groups in total. The summed E-state index contributed by atoms with van der Waals surface area (Å²) in [6.07, 6.45) is 1.03. The van der Waals surface area contributed by atoms with E-state index in [1.54, 1.807) is 0 Å². The maximum absolute atomic E-state index is 11.0. The van der Waals surface area contributed by atoms with Crippen molar-refractivity contribution in [3.63, 3.8) is 0 Å². The Labute approximate surface area is 96.8 Å². The molecule has 2 rings (SSSR count). The summed E-state index contributed by atoms with van der Waals surface area (Å²) in [6.45, 7) is 0.640. The number of carboxylic acid groups (broad SMARTS) is 1. The first kappa shape index (κ1) is 10.5. The van der Waals surface area contributed by atoms with Crippen LogP contribution in [0.2, 0.25) is 0 Å². The Hall–Kier alpha value is -1.03. The maximum atomic E-state index is 11.0. The molecule has 1 atom stereocenters. The van der Waals surface area contributed by atoms with Gasteiger partial charge in [0.05, 0.1) is 6.04 Å². The van der Waals surface area contributed by atoms with Gasteiger partial charge in [0.25, 0.3) is 0 Å². The summed E-state index contributed by atoms with van der Waals surface area (Å²) in [4.78, 5) is 12.5. The minimum atomic E-state index is -0.826. The fourth-order valence-electron chi connectivity index (χ4n) is 2.06. The van der Waals surface area contributed by atoms with Crippen molar-refractivity contribution in [2.24, 2.45) is 0 Å². The van der Waals surface area contributed by atoms with Gasteiger partial charge in [0, 0.05) is 11.0 Å². The second kappa shape index (κ2) is 4.23. The zero-order chi connectivity index (χ0) is 10.8. The monoisotopic (exact) mass is 269 g/mol. The van der Waals surface area contributed by atoms with Crippen LogP contribution in [0.15, 0.2) is 28.7 Å². The summed E-state index contributed by atoms with van der Waals surface area (Å²) in [5.41, 5.74) is 1.07. The molecule has 1 aromatic carbocycles. The van der Waals surface area contributed by atoms with Crippen LogP contribution in [0.25, 0.3) is 0 Å². The second-order valence-corrected chi connectivity index (χ2v) is 4.51. The molecule has 1 aliphatic heterocycles. The molecule has 3 nitrogen and oxygen atoms in total. The zero-order valence-corrected chi connectivity index (χ0v) is 9.77. The minimum Gasteiger partial charge on any atom is -0.465 e. The number of rotatable bonds is 1. The summed E-state index contributed by atoms with van der Waals surface area (Å²) in [7, 11) is 0. The molecule has 0 bridgehead atoms. The quantitative estimate of drug-likeness (QED) is 0.850. The van der Waals surface area contributed by atoms with Crippen molar-refractivity contribution in [3.05, 3.63) is 34.3 Å². The fourth-order valence-corrected chi connectivity index (χ4v) is 2.61. The molecule has 1 aliphatic rings. The topological polar surface area (TPSA) is 40.5 Å². The number of halogens is 1. The van der Waals surface area contributed by atoms with Crippen molar-refractivity contribution in [1.82, 2.24) is 4.90 Å². The average Bonchev–Trinajstić information content (AvgIpc) is 2.67. The molecule has 0 saturated carbocycles. The van der Waals surface area contributed by atoms with E-state index in [9.17, 15) is 4.79 Å². The van der Waals surface area contributed by atoms with Crippen LogP contribution in [-0.2, 0) is 0 Å². The standard InChI is InChI=1S/C11H12BrNO2/c12-9-5-2-1-4-8(9)10-6-3-7-13(10)11(14)15/h1-2,4-5,10H,3,6-7H2,(H,14,15). The van der Waals surface area contributed by atoms with Crippen LogP contribution in [0, 0.1) is 0 Å². The highest BCUT2D eigenvalue weighted by Crippen LogP contribution is 2.35. The fraction of sp³-hybridized carbons (Fsp3) is 0.364. The number of amides is 1. The lowest BCUT2D eigenvalue weighted by atomic mass is 10.1. The summed E-state index contributed by atoms with van der Waals surface area (Å²) in [6, 6.07) is 7.83. The largest absolute Gasteiger partial charge is 0.465 e. The Morgan fingerprint density at radius 2 is 2.20 bits per heavy atom. The number of hydrogen-bond acceptors (Lipinski definition) is 1. The van der Waals surface area contributed by atoms with Gasteiger partial charge in [-0.3, -0.25) is 0 Å². The molecule has 1 saturated heterocycles. The highest BCUT2D eigenvalue weighted by molar-refractivity contribution is 9.10. The van der Waals surface area contributed by atoms with E-state index < -0.39 is 6.09 Å². The van der Waals surface area contributed by atoms with Gasteiger partial charge in [-0.05, 0) is 24.5 Å². The number of carbonyl (C=O) groups is 1. The molecule has 1 unspecified atom stereocenters. The van der Waals surface area contributed by atoms with Gasteiger partial charge in [0.2, 0.25) is 0 Å². The van der Waals surface area contributed by atoms with Crippen LogP contribution in [0.5, 0.6) is 0 Å². The van der Waals surface area contributed by atoms with E-state index in [0.717, 1.165) is 22.9 Å². The highest BCUT2D eigenvalue weighted by atomic mass is 79.9. The number of benzene rings is 1. The summed E-state index contributed by atoms with van der Waals surface area (Å²) in [5.74, 6) is 0. The van der Waals surface area contributed by atoms with E-state index in [1.165, 1.54) is 4.90 Å². The lowest BCUT2D eigenvalue weighted by molar-refractivity contribution is 0.140. The predicted octanol–water partition coefficient (Wildman–Crippen LogP) is 3.26. The van der Waals surface area contributed by atoms with Crippen molar-refractivity contribution in [2.45, 2.75) is 18.9 Å². The third-order valence-corrected chi connectivity index (χ3v) is 3.48. The maximum Gasteiger partial charge on any atom is 0.407 e. The van der Waals surface area contributed by atoms with Gasteiger partial charge in [-0.2, -0.15) is 0 Å². The number of hydrogen-bond donors (Lipinski definition) is 1. The molecule has 1 aromatic rings. The van der Waals surface area contributed by atoms with Crippen LogP contribution >= 0.6 is 15.9 Å². The van der Waals surface area contributed by atoms with E-state index in [0.29, 0.717) is 6.54 Å². The van der Waals surface area contributed by atoms with E-state index >= 15 is 0 Å². The van der Waals surface area contributed by atoms with Crippen LogP contribution in [0.1, 0.15) is 24.4 Å². The van der Waals surface area contributed by atoms with Crippen molar-refractivity contribution < 1.29 is 9.90 Å². The zero-order valence-electron chi connectivity index (χ0n) is 8.19. The molecule has 0 aliphatic carbocycles. The molecular weight excluding hydrogens is 258 g/mol. The van der Waals surface area contributed by atoms with Crippen LogP contribution in [0.4, 0.5) is 4.79 Å². The third-order valence-electron chi connectivity index (χ3n) is 2.76. The van der Waals surface area contributed by atoms with Crippen molar-refractivity contribution in [1.29, 1.82) is 0 Å². The third kappa shape index (κ3) is 2.00. The smallest absolute Gasteiger partial charge is 0.407 e. The van der Waals surface area contributed by atoms with Crippen LogP contribution < -0.4 is 0 Å². The molecule has 0 aromatic heterocycles. The molecule has 0 spiro atoms. The predicted molar refractivity (Wildman–Crippen MR) is 60.8 cm³/mol. The SMILES string of the molecule is O=C(O)N1CCCC1c1ccccc1Br.